The molecule has 0 bridgehead atoms. The Hall–Kier alpha value is 0.450. The highest BCUT2D eigenvalue weighted by Crippen LogP contribution is 2.31. The number of benzene rings is 1. The molecule has 13 heavy (non-hydrogen) atoms. The van der Waals surface area contributed by atoms with Crippen LogP contribution in [0.15, 0.2) is 23.1 Å². The third-order valence-corrected chi connectivity index (χ3v) is 4.61. The van der Waals surface area contributed by atoms with Crippen molar-refractivity contribution in [1.82, 2.24) is 0 Å². The summed E-state index contributed by atoms with van der Waals surface area (Å²) < 4.78 is 1.06. The zero-order valence-electron chi connectivity index (χ0n) is 6.92. The number of Topliss-reactive ketones (excluding diaryl/α,β-unsaturated/α-hetero) is 1. The van der Waals surface area contributed by atoms with Crippen LogP contribution in [-0.2, 0) is 4.79 Å². The molecular formula is C9H8BrIOS. The number of thiol groups is 1. The fourth-order valence-corrected chi connectivity index (χ4v) is 2.31. The SMILES string of the molecule is CC(=O)C(Br)c1cccc(I)c1S. The van der Waals surface area contributed by atoms with E-state index >= 15 is 0 Å². The first kappa shape index (κ1) is 11.5. The second kappa shape index (κ2) is 4.79. The minimum atomic E-state index is -0.241. The first-order valence-corrected chi connectivity index (χ1v) is 6.10. The summed E-state index contributed by atoms with van der Waals surface area (Å²) in [4.78, 5) is 11.8. The van der Waals surface area contributed by atoms with Gasteiger partial charge in [0.25, 0.3) is 0 Å². The minimum absolute atomic E-state index is 0.0947. The van der Waals surface area contributed by atoms with Crippen molar-refractivity contribution < 1.29 is 4.79 Å². The highest BCUT2D eigenvalue weighted by atomic mass is 127. The predicted molar refractivity (Wildman–Crippen MR) is 68.8 cm³/mol. The van der Waals surface area contributed by atoms with E-state index in [-0.39, 0.29) is 10.6 Å². The Labute approximate surface area is 105 Å². The lowest BCUT2D eigenvalue weighted by Gasteiger charge is -2.10. The molecule has 0 spiro atoms. The second-order valence-electron chi connectivity index (χ2n) is 2.65. The summed E-state index contributed by atoms with van der Waals surface area (Å²) in [5.74, 6) is 0.0947. The molecule has 0 aliphatic carbocycles. The molecule has 1 aromatic rings. The molecule has 1 unspecified atom stereocenters. The van der Waals surface area contributed by atoms with E-state index in [1.54, 1.807) is 6.92 Å². The predicted octanol–water partition coefficient (Wildman–Crippen LogP) is 3.60. The lowest BCUT2D eigenvalue weighted by atomic mass is 10.1. The van der Waals surface area contributed by atoms with Gasteiger partial charge in [0, 0.05) is 8.47 Å². The molecule has 1 nitrogen and oxygen atoms in total. The maximum atomic E-state index is 11.1. The normalized spacial score (nSPS) is 12.6. The molecule has 1 aromatic carbocycles. The Bertz CT molecular complexity index is 340. The molecule has 0 aliphatic heterocycles. The summed E-state index contributed by atoms with van der Waals surface area (Å²) in [6, 6.07) is 5.80. The molecule has 0 saturated carbocycles. The Morgan fingerprint density at radius 3 is 2.77 bits per heavy atom. The van der Waals surface area contributed by atoms with E-state index in [1.807, 2.05) is 18.2 Å². The number of carbonyl (C=O) groups is 1. The number of ketones is 1. The molecule has 0 aromatic heterocycles. The van der Waals surface area contributed by atoms with Gasteiger partial charge in [0.15, 0.2) is 0 Å². The molecule has 0 saturated heterocycles. The number of alkyl halides is 1. The van der Waals surface area contributed by atoms with Gasteiger partial charge in [-0.15, -0.1) is 12.6 Å². The van der Waals surface area contributed by atoms with Gasteiger partial charge in [-0.25, -0.2) is 0 Å². The molecular weight excluding hydrogens is 363 g/mol. The number of halogens is 2. The summed E-state index contributed by atoms with van der Waals surface area (Å²) in [6.07, 6.45) is 0. The van der Waals surface area contributed by atoms with E-state index in [2.05, 4.69) is 51.1 Å². The fraction of sp³-hybridized carbons (Fsp3) is 0.222. The van der Waals surface area contributed by atoms with Gasteiger partial charge in [-0.2, -0.15) is 0 Å². The van der Waals surface area contributed by atoms with Crippen molar-refractivity contribution >= 4 is 56.9 Å². The Balaban J connectivity index is 3.15. The van der Waals surface area contributed by atoms with Crippen LogP contribution in [0.25, 0.3) is 0 Å². The zero-order valence-corrected chi connectivity index (χ0v) is 11.6. The van der Waals surface area contributed by atoms with E-state index in [1.165, 1.54) is 0 Å². The first-order chi connectivity index (χ1) is 6.04. The molecule has 1 rings (SSSR count). The quantitative estimate of drug-likeness (QED) is 0.478. The van der Waals surface area contributed by atoms with Crippen molar-refractivity contribution in [2.24, 2.45) is 0 Å². The fourth-order valence-electron chi connectivity index (χ4n) is 0.956. The highest BCUT2D eigenvalue weighted by molar-refractivity contribution is 14.1. The third-order valence-electron chi connectivity index (χ3n) is 1.65. The van der Waals surface area contributed by atoms with Crippen molar-refractivity contribution in [2.75, 3.05) is 0 Å². The smallest absolute Gasteiger partial charge is 0.147 e. The maximum absolute atomic E-state index is 11.1. The minimum Gasteiger partial charge on any atom is -0.298 e. The van der Waals surface area contributed by atoms with Gasteiger partial charge in [-0.05, 0) is 41.1 Å². The monoisotopic (exact) mass is 370 g/mol. The van der Waals surface area contributed by atoms with Crippen molar-refractivity contribution in [1.29, 1.82) is 0 Å². The molecule has 0 heterocycles. The van der Waals surface area contributed by atoms with E-state index < -0.39 is 0 Å². The summed E-state index contributed by atoms with van der Waals surface area (Å²) >= 11 is 9.89. The molecule has 0 N–H and O–H groups in total. The van der Waals surface area contributed by atoms with E-state index in [0.29, 0.717) is 0 Å². The van der Waals surface area contributed by atoms with Crippen LogP contribution in [0.3, 0.4) is 0 Å². The van der Waals surface area contributed by atoms with Crippen LogP contribution in [0, 0.1) is 3.57 Å². The number of hydrogen-bond acceptors (Lipinski definition) is 2. The first-order valence-electron chi connectivity index (χ1n) is 3.66. The molecule has 0 fully saturated rings. The van der Waals surface area contributed by atoms with Crippen LogP contribution < -0.4 is 0 Å². The van der Waals surface area contributed by atoms with Gasteiger partial charge < -0.3 is 0 Å². The number of carbonyl (C=O) groups excluding carboxylic acids is 1. The summed E-state index contributed by atoms with van der Waals surface area (Å²) in [7, 11) is 0. The van der Waals surface area contributed by atoms with Crippen LogP contribution in [-0.4, -0.2) is 5.78 Å². The summed E-state index contributed by atoms with van der Waals surface area (Å²) in [5, 5.41) is 0. The van der Waals surface area contributed by atoms with Crippen LogP contribution in [0.4, 0.5) is 0 Å². The maximum Gasteiger partial charge on any atom is 0.147 e. The number of rotatable bonds is 2. The van der Waals surface area contributed by atoms with Gasteiger partial charge in [0.05, 0.1) is 4.83 Å². The van der Waals surface area contributed by atoms with Gasteiger partial charge in [0.1, 0.15) is 5.78 Å². The second-order valence-corrected chi connectivity index (χ2v) is 5.18. The Morgan fingerprint density at radius 1 is 1.62 bits per heavy atom. The molecule has 0 aliphatic rings. The Morgan fingerprint density at radius 2 is 2.23 bits per heavy atom. The summed E-state index contributed by atoms with van der Waals surface area (Å²) in [5.41, 5.74) is 0.933. The van der Waals surface area contributed by atoms with Crippen molar-refractivity contribution in [3.05, 3.63) is 27.3 Å². The standard InChI is InChI=1S/C9H8BrIOS/c1-5(12)8(10)6-3-2-4-7(11)9(6)13/h2-4,8,13H,1H3. The van der Waals surface area contributed by atoms with Crippen LogP contribution in [0.5, 0.6) is 0 Å². The van der Waals surface area contributed by atoms with Crippen molar-refractivity contribution in [3.8, 4) is 0 Å². The summed E-state index contributed by atoms with van der Waals surface area (Å²) in [6.45, 7) is 1.56. The topological polar surface area (TPSA) is 17.1 Å². The van der Waals surface area contributed by atoms with E-state index in [0.717, 1.165) is 14.0 Å². The van der Waals surface area contributed by atoms with Gasteiger partial charge in [-0.3, -0.25) is 4.79 Å². The van der Waals surface area contributed by atoms with E-state index in [9.17, 15) is 4.79 Å². The molecule has 4 heteroatoms. The highest BCUT2D eigenvalue weighted by Gasteiger charge is 2.15. The largest absolute Gasteiger partial charge is 0.298 e. The van der Waals surface area contributed by atoms with Crippen molar-refractivity contribution in [2.45, 2.75) is 16.6 Å². The van der Waals surface area contributed by atoms with Crippen molar-refractivity contribution in [3.63, 3.8) is 0 Å². The lowest BCUT2D eigenvalue weighted by molar-refractivity contribution is -0.116. The average molecular weight is 371 g/mol. The van der Waals surface area contributed by atoms with Crippen LogP contribution in [0.1, 0.15) is 17.3 Å². The molecule has 70 valence electrons. The van der Waals surface area contributed by atoms with E-state index in [4.69, 9.17) is 0 Å². The van der Waals surface area contributed by atoms with Gasteiger partial charge in [0.2, 0.25) is 0 Å². The number of hydrogen-bond donors (Lipinski definition) is 1. The molecule has 1 atom stereocenters. The molecule has 0 amide bonds. The Kier molecular flexibility index (Phi) is 4.25. The third kappa shape index (κ3) is 2.70. The molecule has 0 radical (unpaired) electrons. The van der Waals surface area contributed by atoms with Crippen LogP contribution >= 0.6 is 51.1 Å². The van der Waals surface area contributed by atoms with Gasteiger partial charge in [-0.1, -0.05) is 28.1 Å². The average Bonchev–Trinajstić information content (AvgIpc) is 2.08. The lowest BCUT2D eigenvalue weighted by Crippen LogP contribution is -2.02. The zero-order chi connectivity index (χ0) is 10.0. The van der Waals surface area contributed by atoms with Crippen LogP contribution in [0.2, 0.25) is 0 Å². The van der Waals surface area contributed by atoms with Gasteiger partial charge >= 0.3 is 0 Å².